The van der Waals surface area contributed by atoms with Crippen molar-refractivity contribution >= 4 is 12.0 Å². The Bertz CT molecular complexity index is 350. The summed E-state index contributed by atoms with van der Waals surface area (Å²) in [7, 11) is 1.29. The largest absolute Gasteiger partial charge is 0.490 e. The van der Waals surface area contributed by atoms with Crippen LogP contribution in [-0.2, 0) is 0 Å². The summed E-state index contributed by atoms with van der Waals surface area (Å²) in [5.74, 6) is 0.0297. The molecule has 6 nitrogen and oxygen atoms in total. The molecule has 1 aromatic rings. The Hall–Kier alpha value is -1.98. The second-order valence-corrected chi connectivity index (χ2v) is 2.16. The Balaban J connectivity index is 3.23. The van der Waals surface area contributed by atoms with Crippen molar-refractivity contribution in [2.75, 3.05) is 7.11 Å². The molecule has 0 unspecified atom stereocenters. The standard InChI is InChI=1S/C7H6N2O4/c1-13-7-2-5(4-10)8-3-6(7)9(11)12/h2-4H,1H3. The molecule has 0 fully saturated rings. The molecule has 0 amide bonds. The number of aldehydes is 1. The normalized spacial score (nSPS) is 9.31. The molecule has 1 rings (SSSR count). The Morgan fingerprint density at radius 2 is 2.38 bits per heavy atom. The number of aromatic nitrogens is 1. The summed E-state index contributed by atoms with van der Waals surface area (Å²) in [6.07, 6.45) is 1.48. The summed E-state index contributed by atoms with van der Waals surface area (Å²) >= 11 is 0. The van der Waals surface area contributed by atoms with Gasteiger partial charge in [-0.25, -0.2) is 4.98 Å². The molecule has 0 aliphatic heterocycles. The second kappa shape index (κ2) is 3.61. The van der Waals surface area contributed by atoms with Gasteiger partial charge in [-0.2, -0.15) is 0 Å². The first-order valence-corrected chi connectivity index (χ1v) is 3.32. The van der Waals surface area contributed by atoms with Gasteiger partial charge >= 0.3 is 5.69 Å². The topological polar surface area (TPSA) is 82.3 Å². The van der Waals surface area contributed by atoms with E-state index in [4.69, 9.17) is 4.74 Å². The van der Waals surface area contributed by atoms with Gasteiger partial charge < -0.3 is 4.74 Å². The third-order valence-electron chi connectivity index (χ3n) is 1.40. The van der Waals surface area contributed by atoms with Gasteiger partial charge in [-0.3, -0.25) is 14.9 Å². The van der Waals surface area contributed by atoms with Gasteiger partial charge in [-0.1, -0.05) is 0 Å². The van der Waals surface area contributed by atoms with Crippen molar-refractivity contribution in [1.82, 2.24) is 4.98 Å². The molecule has 0 aliphatic carbocycles. The van der Waals surface area contributed by atoms with Gasteiger partial charge in [0.15, 0.2) is 6.29 Å². The minimum atomic E-state index is -0.625. The van der Waals surface area contributed by atoms with E-state index in [-0.39, 0.29) is 17.1 Å². The molecule has 6 heteroatoms. The zero-order valence-corrected chi connectivity index (χ0v) is 6.76. The molecule has 1 heterocycles. The summed E-state index contributed by atoms with van der Waals surface area (Å²) in [5.41, 5.74) is -0.157. The van der Waals surface area contributed by atoms with Gasteiger partial charge in [0.05, 0.1) is 12.0 Å². The van der Waals surface area contributed by atoms with Crippen molar-refractivity contribution in [2.24, 2.45) is 0 Å². The van der Waals surface area contributed by atoms with Gasteiger partial charge in [-0.05, 0) is 0 Å². The average Bonchev–Trinajstić information content (AvgIpc) is 2.16. The summed E-state index contributed by atoms with van der Waals surface area (Å²) in [6.45, 7) is 0. The number of hydrogen-bond donors (Lipinski definition) is 0. The Kier molecular flexibility index (Phi) is 2.53. The second-order valence-electron chi connectivity index (χ2n) is 2.16. The van der Waals surface area contributed by atoms with E-state index < -0.39 is 4.92 Å². The van der Waals surface area contributed by atoms with Crippen molar-refractivity contribution in [3.8, 4) is 5.75 Å². The summed E-state index contributed by atoms with van der Waals surface area (Å²) in [6, 6.07) is 1.21. The van der Waals surface area contributed by atoms with E-state index in [2.05, 4.69) is 4.98 Å². The molecule has 0 aliphatic rings. The Morgan fingerprint density at radius 1 is 1.69 bits per heavy atom. The summed E-state index contributed by atoms with van der Waals surface area (Å²) in [5, 5.41) is 10.4. The number of carbonyl (C=O) groups excluding carboxylic acids is 1. The average molecular weight is 182 g/mol. The lowest BCUT2D eigenvalue weighted by atomic mass is 10.3. The van der Waals surface area contributed by atoms with Crippen LogP contribution in [0.5, 0.6) is 5.75 Å². The van der Waals surface area contributed by atoms with Crippen molar-refractivity contribution in [3.63, 3.8) is 0 Å². The van der Waals surface area contributed by atoms with Crippen LogP contribution in [0.2, 0.25) is 0 Å². The molecule has 0 spiro atoms. The van der Waals surface area contributed by atoms with Crippen LogP contribution >= 0.6 is 0 Å². The quantitative estimate of drug-likeness (QED) is 0.392. The van der Waals surface area contributed by atoms with Gasteiger partial charge in [0.2, 0.25) is 5.75 Å². The SMILES string of the molecule is COc1cc(C=O)ncc1[N+](=O)[O-]. The van der Waals surface area contributed by atoms with Gasteiger partial charge in [0, 0.05) is 6.07 Å². The monoisotopic (exact) mass is 182 g/mol. The highest BCUT2D eigenvalue weighted by atomic mass is 16.6. The molecule has 0 radical (unpaired) electrons. The smallest absolute Gasteiger partial charge is 0.329 e. The third kappa shape index (κ3) is 1.78. The number of methoxy groups -OCH3 is 1. The van der Waals surface area contributed by atoms with Gasteiger partial charge in [-0.15, -0.1) is 0 Å². The zero-order chi connectivity index (χ0) is 9.84. The van der Waals surface area contributed by atoms with E-state index in [9.17, 15) is 14.9 Å². The molecule has 0 N–H and O–H groups in total. The van der Waals surface area contributed by atoms with Crippen LogP contribution in [0.3, 0.4) is 0 Å². The fraction of sp³-hybridized carbons (Fsp3) is 0.143. The number of ether oxygens (including phenoxy) is 1. The predicted octanol–water partition coefficient (Wildman–Crippen LogP) is 0.811. The highest BCUT2D eigenvalue weighted by Gasteiger charge is 2.15. The molecule has 68 valence electrons. The van der Waals surface area contributed by atoms with Crippen LogP contribution in [-0.4, -0.2) is 23.3 Å². The van der Waals surface area contributed by atoms with Crippen LogP contribution in [0.15, 0.2) is 12.3 Å². The molecular formula is C7H6N2O4. The molecule has 0 saturated heterocycles. The van der Waals surface area contributed by atoms with E-state index in [0.29, 0.717) is 6.29 Å². The van der Waals surface area contributed by atoms with Crippen molar-refractivity contribution in [1.29, 1.82) is 0 Å². The Morgan fingerprint density at radius 3 is 2.85 bits per heavy atom. The first-order valence-electron chi connectivity index (χ1n) is 3.32. The van der Waals surface area contributed by atoms with Gasteiger partial charge in [0.1, 0.15) is 11.9 Å². The molecule has 13 heavy (non-hydrogen) atoms. The lowest BCUT2D eigenvalue weighted by Crippen LogP contribution is -1.96. The Labute approximate surface area is 73.3 Å². The van der Waals surface area contributed by atoms with Crippen molar-refractivity contribution in [3.05, 3.63) is 28.1 Å². The lowest BCUT2D eigenvalue weighted by molar-refractivity contribution is -0.386. The number of rotatable bonds is 3. The predicted molar refractivity (Wildman–Crippen MR) is 42.8 cm³/mol. The third-order valence-corrected chi connectivity index (χ3v) is 1.40. The first kappa shape index (κ1) is 9.11. The number of pyridine rings is 1. The molecule has 0 atom stereocenters. The van der Waals surface area contributed by atoms with Crippen LogP contribution in [0.25, 0.3) is 0 Å². The van der Waals surface area contributed by atoms with Gasteiger partial charge in [0.25, 0.3) is 0 Å². The van der Waals surface area contributed by atoms with E-state index in [1.165, 1.54) is 13.2 Å². The number of hydrogen-bond acceptors (Lipinski definition) is 5. The van der Waals surface area contributed by atoms with Crippen LogP contribution < -0.4 is 4.74 Å². The van der Waals surface area contributed by atoms with Crippen LogP contribution in [0.1, 0.15) is 10.5 Å². The van der Waals surface area contributed by atoms with E-state index in [1.807, 2.05) is 0 Å². The number of nitrogens with zero attached hydrogens (tertiary/aromatic N) is 2. The maximum atomic E-state index is 10.4. The highest BCUT2D eigenvalue weighted by molar-refractivity contribution is 5.73. The maximum Gasteiger partial charge on any atom is 0.329 e. The first-order chi connectivity index (χ1) is 6.19. The summed E-state index contributed by atoms with van der Waals surface area (Å²) in [4.78, 5) is 23.6. The number of carbonyl (C=O) groups is 1. The fourth-order valence-electron chi connectivity index (χ4n) is 0.810. The summed E-state index contributed by atoms with van der Waals surface area (Å²) < 4.78 is 4.71. The zero-order valence-electron chi connectivity index (χ0n) is 6.76. The maximum absolute atomic E-state index is 10.4. The van der Waals surface area contributed by atoms with Crippen molar-refractivity contribution < 1.29 is 14.5 Å². The molecular weight excluding hydrogens is 176 g/mol. The van der Waals surface area contributed by atoms with Crippen LogP contribution in [0, 0.1) is 10.1 Å². The molecule has 0 aromatic carbocycles. The molecule has 1 aromatic heterocycles. The molecule has 0 saturated carbocycles. The fourth-order valence-corrected chi connectivity index (χ4v) is 0.810. The van der Waals surface area contributed by atoms with Crippen LogP contribution in [0.4, 0.5) is 5.69 Å². The minimum absolute atomic E-state index is 0.0297. The lowest BCUT2D eigenvalue weighted by Gasteiger charge is -2.00. The van der Waals surface area contributed by atoms with E-state index in [1.54, 1.807) is 0 Å². The van der Waals surface area contributed by atoms with Crippen molar-refractivity contribution in [2.45, 2.75) is 0 Å². The van der Waals surface area contributed by atoms with E-state index >= 15 is 0 Å². The highest BCUT2D eigenvalue weighted by Crippen LogP contribution is 2.25. The molecule has 0 bridgehead atoms. The minimum Gasteiger partial charge on any atom is -0.490 e. The number of nitro groups is 1. The van der Waals surface area contributed by atoms with E-state index in [0.717, 1.165) is 6.20 Å².